The van der Waals surface area contributed by atoms with Gasteiger partial charge < -0.3 is 0 Å². The predicted octanol–water partition coefficient (Wildman–Crippen LogP) is 1.11. The minimum atomic E-state index is -3.83. The molecule has 1 aliphatic rings. The Labute approximate surface area is 88.1 Å². The molecule has 0 saturated heterocycles. The van der Waals surface area contributed by atoms with Crippen LogP contribution in [-0.2, 0) is 19.7 Å². The molecule has 2 rings (SSSR count). The summed E-state index contributed by atoms with van der Waals surface area (Å²) in [5.41, 5.74) is 0. The summed E-state index contributed by atoms with van der Waals surface area (Å²) in [4.78, 5) is -0.254. The lowest BCUT2D eigenvalue weighted by Crippen LogP contribution is -2.02. The Kier molecular flexibility index (Phi) is 2.03. The molecule has 0 fully saturated rings. The van der Waals surface area contributed by atoms with Crippen LogP contribution in [0.25, 0.3) is 0 Å². The zero-order valence-corrected chi connectivity index (χ0v) is 9.47. The Morgan fingerprint density at radius 1 is 0.933 bits per heavy atom. The first kappa shape index (κ1) is 10.4. The number of benzene rings is 1. The van der Waals surface area contributed by atoms with E-state index in [2.05, 4.69) is 0 Å². The van der Waals surface area contributed by atoms with Gasteiger partial charge in [-0.2, -0.15) is 0 Å². The van der Waals surface area contributed by atoms with E-state index in [1.165, 1.54) is 31.2 Å². The molecule has 0 bridgehead atoms. The molecule has 1 aliphatic heterocycles. The first-order valence-corrected chi connectivity index (χ1v) is 7.14. The number of hydrogen-bond acceptors (Lipinski definition) is 4. The molecule has 0 amide bonds. The molecule has 0 atom stereocenters. The Balaban J connectivity index is 3.04. The van der Waals surface area contributed by atoms with E-state index in [9.17, 15) is 16.8 Å². The highest BCUT2D eigenvalue weighted by Gasteiger charge is 2.43. The van der Waals surface area contributed by atoms with E-state index in [-0.39, 0.29) is 9.79 Å². The van der Waals surface area contributed by atoms with Crippen LogP contribution < -0.4 is 0 Å². The average Bonchev–Trinajstić information content (AvgIpc) is 2.32. The van der Waals surface area contributed by atoms with Gasteiger partial charge in [0.05, 0.1) is 9.79 Å². The molecule has 1 aromatic rings. The normalized spacial score (nSPS) is 21.0. The number of rotatable bonds is 0. The van der Waals surface area contributed by atoms with Crippen molar-refractivity contribution in [1.82, 2.24) is 0 Å². The van der Waals surface area contributed by atoms with Crippen molar-refractivity contribution >= 4 is 19.7 Å². The highest BCUT2D eigenvalue weighted by atomic mass is 32.3. The molecule has 0 N–H and O–H groups in total. The Morgan fingerprint density at radius 3 is 1.67 bits per heavy atom. The number of fused-ring (bicyclic) bond motifs is 1. The van der Waals surface area contributed by atoms with Gasteiger partial charge in [-0.1, -0.05) is 18.2 Å². The summed E-state index contributed by atoms with van der Waals surface area (Å²) in [5, 5.41) is 0. The number of allylic oxidation sites excluding steroid dienone is 1. The second kappa shape index (κ2) is 2.93. The van der Waals surface area contributed by atoms with Crippen LogP contribution in [-0.4, -0.2) is 16.8 Å². The van der Waals surface area contributed by atoms with E-state index >= 15 is 0 Å². The van der Waals surface area contributed by atoms with Crippen molar-refractivity contribution in [2.75, 3.05) is 0 Å². The zero-order chi connectivity index (χ0) is 11.3. The highest BCUT2D eigenvalue weighted by Crippen LogP contribution is 2.39. The Morgan fingerprint density at radius 2 is 1.33 bits per heavy atom. The molecule has 80 valence electrons. The molecular weight excluding hydrogens is 236 g/mol. The molecule has 0 spiro atoms. The lowest BCUT2D eigenvalue weighted by atomic mass is 10.4. The van der Waals surface area contributed by atoms with Crippen LogP contribution in [0.15, 0.2) is 44.4 Å². The van der Waals surface area contributed by atoms with Crippen molar-refractivity contribution in [3.05, 3.63) is 34.6 Å². The maximum Gasteiger partial charge on any atom is 0.218 e. The van der Waals surface area contributed by atoms with Crippen LogP contribution in [0, 0.1) is 0 Å². The third kappa shape index (κ3) is 1.18. The summed E-state index contributed by atoms with van der Waals surface area (Å²) >= 11 is 0. The minimum Gasteiger partial charge on any atom is -0.218 e. The summed E-state index contributed by atoms with van der Waals surface area (Å²) < 4.78 is 46.6. The molecule has 15 heavy (non-hydrogen) atoms. The summed E-state index contributed by atoms with van der Waals surface area (Å²) in [6.07, 6.45) is 1.12. The molecule has 0 unspecified atom stereocenters. The van der Waals surface area contributed by atoms with Crippen LogP contribution in [0.4, 0.5) is 0 Å². The van der Waals surface area contributed by atoms with Crippen LogP contribution >= 0.6 is 0 Å². The summed E-state index contributed by atoms with van der Waals surface area (Å²) in [6, 6.07) is 5.62. The van der Waals surface area contributed by atoms with Crippen molar-refractivity contribution in [1.29, 1.82) is 0 Å². The number of sulfone groups is 2. The fourth-order valence-electron chi connectivity index (χ4n) is 1.57. The second-order valence-electron chi connectivity index (χ2n) is 3.06. The highest BCUT2D eigenvalue weighted by molar-refractivity contribution is 8.16. The van der Waals surface area contributed by atoms with Crippen LogP contribution in [0.1, 0.15) is 6.92 Å². The molecule has 1 heterocycles. The summed E-state index contributed by atoms with van der Waals surface area (Å²) in [6.45, 7) is 1.40. The van der Waals surface area contributed by atoms with Gasteiger partial charge in [0.15, 0.2) is 4.24 Å². The minimum absolute atomic E-state index is 0.127. The fourth-order valence-corrected chi connectivity index (χ4v) is 6.15. The molecule has 0 aliphatic carbocycles. The Hall–Kier alpha value is -1.14. The SMILES string of the molecule is CC=C1S(=O)(=O)c2ccccc2S1(=O)=O. The third-order valence-electron chi connectivity index (χ3n) is 2.19. The lowest BCUT2D eigenvalue weighted by Gasteiger charge is -1.93. The van der Waals surface area contributed by atoms with Crippen molar-refractivity contribution in [3.8, 4) is 0 Å². The third-order valence-corrected chi connectivity index (χ3v) is 7.04. The van der Waals surface area contributed by atoms with Gasteiger partial charge >= 0.3 is 0 Å². The average molecular weight is 244 g/mol. The maximum atomic E-state index is 11.8. The van der Waals surface area contributed by atoms with E-state index in [0.717, 1.165) is 6.08 Å². The smallest absolute Gasteiger partial charge is 0.218 e. The van der Waals surface area contributed by atoms with E-state index < -0.39 is 23.9 Å². The van der Waals surface area contributed by atoms with E-state index in [1.807, 2.05) is 0 Å². The zero-order valence-electron chi connectivity index (χ0n) is 7.84. The van der Waals surface area contributed by atoms with Crippen LogP contribution in [0.5, 0.6) is 0 Å². The molecule has 0 aromatic heterocycles. The van der Waals surface area contributed by atoms with Crippen molar-refractivity contribution in [2.24, 2.45) is 0 Å². The van der Waals surface area contributed by atoms with Gasteiger partial charge in [-0.3, -0.25) is 0 Å². The van der Waals surface area contributed by atoms with Crippen molar-refractivity contribution in [3.63, 3.8) is 0 Å². The fraction of sp³-hybridized carbons (Fsp3) is 0.111. The maximum absolute atomic E-state index is 11.8. The molecule has 6 heteroatoms. The van der Waals surface area contributed by atoms with Gasteiger partial charge in [0.1, 0.15) is 0 Å². The first-order chi connectivity index (χ1) is 6.92. The summed E-state index contributed by atoms with van der Waals surface area (Å²) in [7, 11) is -7.66. The van der Waals surface area contributed by atoms with Gasteiger partial charge in [-0.05, 0) is 19.1 Å². The predicted molar refractivity (Wildman–Crippen MR) is 54.6 cm³/mol. The van der Waals surface area contributed by atoms with E-state index in [1.54, 1.807) is 0 Å². The lowest BCUT2D eigenvalue weighted by molar-refractivity contribution is 0.603. The standard InChI is InChI=1S/C9H8O4S2/c1-2-9-14(10,11)7-5-3-4-6-8(7)15(9,12)13/h2-6H,1H3. The monoisotopic (exact) mass is 244 g/mol. The van der Waals surface area contributed by atoms with Crippen LogP contribution in [0.3, 0.4) is 0 Å². The number of hydrogen-bond donors (Lipinski definition) is 0. The topological polar surface area (TPSA) is 68.3 Å². The van der Waals surface area contributed by atoms with Gasteiger partial charge in [0, 0.05) is 0 Å². The second-order valence-corrected chi connectivity index (χ2v) is 7.09. The molecule has 0 radical (unpaired) electrons. The van der Waals surface area contributed by atoms with Gasteiger partial charge in [-0.25, -0.2) is 16.8 Å². The van der Waals surface area contributed by atoms with Crippen molar-refractivity contribution < 1.29 is 16.8 Å². The van der Waals surface area contributed by atoms with Gasteiger partial charge in [-0.15, -0.1) is 0 Å². The van der Waals surface area contributed by atoms with Gasteiger partial charge in [0.2, 0.25) is 19.7 Å². The van der Waals surface area contributed by atoms with Crippen molar-refractivity contribution in [2.45, 2.75) is 16.7 Å². The molecule has 4 nitrogen and oxygen atoms in total. The van der Waals surface area contributed by atoms with Gasteiger partial charge in [0.25, 0.3) is 0 Å². The molecule has 0 saturated carbocycles. The molecular formula is C9H8O4S2. The van der Waals surface area contributed by atoms with E-state index in [4.69, 9.17) is 0 Å². The summed E-state index contributed by atoms with van der Waals surface area (Å²) in [5.74, 6) is 0. The Bertz CT molecular complexity index is 596. The van der Waals surface area contributed by atoms with E-state index in [0.29, 0.717) is 0 Å². The first-order valence-electron chi connectivity index (χ1n) is 4.18. The largest absolute Gasteiger partial charge is 0.218 e. The van der Waals surface area contributed by atoms with Crippen LogP contribution in [0.2, 0.25) is 0 Å². The quantitative estimate of drug-likeness (QED) is 0.685. The molecule has 1 aromatic carbocycles.